The molecule has 0 aromatic heterocycles. The highest BCUT2D eigenvalue weighted by Crippen LogP contribution is 2.17. The molecule has 0 aliphatic carbocycles. The van der Waals surface area contributed by atoms with Crippen molar-refractivity contribution in [2.45, 2.75) is 13.0 Å². The second-order valence-electron chi connectivity index (χ2n) is 5.48. The van der Waals surface area contributed by atoms with Crippen LogP contribution in [0.5, 0.6) is 5.75 Å². The van der Waals surface area contributed by atoms with Gasteiger partial charge in [-0.3, -0.25) is 9.59 Å². The maximum atomic E-state index is 12.2. The molecule has 0 unspecified atom stereocenters. The molecular weight excluding hydrogens is 380 g/mol. The maximum absolute atomic E-state index is 12.2. The van der Waals surface area contributed by atoms with Crippen LogP contribution in [0.3, 0.4) is 0 Å². The van der Waals surface area contributed by atoms with Crippen molar-refractivity contribution < 1.29 is 22.7 Å². The predicted octanol–water partition coefficient (Wildman–Crippen LogP) is 2.44. The standard InChI is InChI=1S/C17H17ClN2O5S/c1-11(25-15-9-5-13(18)6-10-15)16(21)19-14-7-3-12(4-8-14)17(22)20-26(2,23)24/h3-11H,1-2H3,(H,19,21)(H,20,22)/t11-/m0/s1. The van der Waals surface area contributed by atoms with Crippen molar-refractivity contribution in [1.82, 2.24) is 4.72 Å². The Balaban J connectivity index is 1.96. The SMILES string of the molecule is C[C@H](Oc1ccc(Cl)cc1)C(=O)Nc1ccc(C(=O)NS(C)(=O)=O)cc1. The monoisotopic (exact) mass is 396 g/mol. The van der Waals surface area contributed by atoms with Gasteiger partial charge in [0.15, 0.2) is 6.10 Å². The Labute approximate surface area is 156 Å². The van der Waals surface area contributed by atoms with Crippen molar-refractivity contribution in [2.75, 3.05) is 11.6 Å². The van der Waals surface area contributed by atoms with E-state index in [9.17, 15) is 18.0 Å². The summed E-state index contributed by atoms with van der Waals surface area (Å²) in [4.78, 5) is 23.9. The van der Waals surface area contributed by atoms with Crippen LogP contribution in [0, 0.1) is 0 Å². The Bertz CT molecular complexity index is 896. The van der Waals surface area contributed by atoms with Gasteiger partial charge >= 0.3 is 0 Å². The van der Waals surface area contributed by atoms with Gasteiger partial charge in [-0.05, 0) is 55.5 Å². The topological polar surface area (TPSA) is 102 Å². The fourth-order valence-electron chi connectivity index (χ4n) is 1.95. The number of amides is 2. The summed E-state index contributed by atoms with van der Waals surface area (Å²) < 4.78 is 29.5. The lowest BCUT2D eigenvalue weighted by Crippen LogP contribution is -2.30. The van der Waals surface area contributed by atoms with Gasteiger partial charge < -0.3 is 10.1 Å². The summed E-state index contributed by atoms with van der Waals surface area (Å²) in [6, 6.07) is 12.4. The zero-order valence-electron chi connectivity index (χ0n) is 14.0. The van der Waals surface area contributed by atoms with E-state index in [0.29, 0.717) is 16.5 Å². The van der Waals surface area contributed by atoms with Gasteiger partial charge in [0.25, 0.3) is 11.8 Å². The molecule has 2 rings (SSSR count). The van der Waals surface area contributed by atoms with E-state index in [0.717, 1.165) is 6.26 Å². The molecular formula is C17H17ClN2O5S. The molecule has 0 heterocycles. The zero-order valence-corrected chi connectivity index (χ0v) is 15.6. The van der Waals surface area contributed by atoms with E-state index < -0.39 is 22.0 Å². The Kier molecular flexibility index (Phi) is 6.23. The smallest absolute Gasteiger partial charge is 0.265 e. The molecule has 0 saturated carbocycles. The van der Waals surface area contributed by atoms with Crippen LogP contribution in [0.15, 0.2) is 48.5 Å². The van der Waals surface area contributed by atoms with Gasteiger partial charge in [0.1, 0.15) is 5.75 Å². The molecule has 0 spiro atoms. The van der Waals surface area contributed by atoms with Crippen molar-refractivity contribution in [3.05, 3.63) is 59.1 Å². The molecule has 0 radical (unpaired) electrons. The number of sulfonamides is 1. The van der Waals surface area contributed by atoms with Crippen LogP contribution in [0.1, 0.15) is 17.3 Å². The van der Waals surface area contributed by atoms with Gasteiger partial charge in [-0.2, -0.15) is 0 Å². The second-order valence-corrected chi connectivity index (χ2v) is 7.67. The lowest BCUT2D eigenvalue weighted by atomic mass is 10.2. The van der Waals surface area contributed by atoms with Crippen LogP contribution >= 0.6 is 11.6 Å². The Hall–Kier alpha value is -2.58. The van der Waals surface area contributed by atoms with Crippen molar-refractivity contribution in [1.29, 1.82) is 0 Å². The minimum atomic E-state index is -3.64. The molecule has 2 aromatic rings. The number of nitrogens with one attached hydrogen (secondary N) is 2. The first kappa shape index (κ1) is 19.7. The van der Waals surface area contributed by atoms with E-state index in [-0.39, 0.29) is 11.5 Å². The number of rotatable bonds is 6. The zero-order chi connectivity index (χ0) is 19.3. The van der Waals surface area contributed by atoms with Crippen molar-refractivity contribution in [3.8, 4) is 5.75 Å². The molecule has 0 aliphatic rings. The highest BCUT2D eigenvalue weighted by atomic mass is 35.5. The van der Waals surface area contributed by atoms with Gasteiger partial charge in [0.2, 0.25) is 10.0 Å². The number of benzene rings is 2. The molecule has 2 N–H and O–H groups in total. The highest BCUT2D eigenvalue weighted by Gasteiger charge is 2.16. The minimum absolute atomic E-state index is 0.152. The maximum Gasteiger partial charge on any atom is 0.265 e. The van der Waals surface area contributed by atoms with Crippen LogP contribution in [-0.2, 0) is 14.8 Å². The number of ether oxygens (including phenoxy) is 1. The summed E-state index contributed by atoms with van der Waals surface area (Å²) in [6.07, 6.45) is 0.131. The summed E-state index contributed by atoms with van der Waals surface area (Å²) in [5, 5.41) is 3.21. The van der Waals surface area contributed by atoms with Gasteiger partial charge in [-0.1, -0.05) is 11.6 Å². The first-order valence-corrected chi connectivity index (χ1v) is 9.76. The fraction of sp³-hybridized carbons (Fsp3) is 0.176. The second kappa shape index (κ2) is 8.20. The van der Waals surface area contributed by atoms with Crippen LogP contribution in [-0.4, -0.2) is 32.6 Å². The number of carbonyl (C=O) groups is 2. The number of carbonyl (C=O) groups excluding carboxylic acids is 2. The van der Waals surface area contributed by atoms with E-state index >= 15 is 0 Å². The highest BCUT2D eigenvalue weighted by molar-refractivity contribution is 7.89. The summed E-state index contributed by atoms with van der Waals surface area (Å²) in [6.45, 7) is 1.60. The largest absolute Gasteiger partial charge is 0.481 e. The lowest BCUT2D eigenvalue weighted by molar-refractivity contribution is -0.122. The molecule has 26 heavy (non-hydrogen) atoms. The first-order valence-electron chi connectivity index (χ1n) is 7.49. The molecule has 7 nitrogen and oxygen atoms in total. The lowest BCUT2D eigenvalue weighted by Gasteiger charge is -2.15. The van der Waals surface area contributed by atoms with E-state index in [1.54, 1.807) is 31.2 Å². The number of hydrogen-bond acceptors (Lipinski definition) is 5. The normalized spacial score (nSPS) is 12.1. The van der Waals surface area contributed by atoms with Gasteiger partial charge in [-0.25, -0.2) is 13.1 Å². The molecule has 0 bridgehead atoms. The van der Waals surface area contributed by atoms with E-state index in [2.05, 4.69) is 5.32 Å². The summed E-state index contributed by atoms with van der Waals surface area (Å²) in [5.41, 5.74) is 0.594. The van der Waals surface area contributed by atoms with Crippen LogP contribution in [0.4, 0.5) is 5.69 Å². The Morgan fingerprint density at radius 3 is 2.15 bits per heavy atom. The quantitative estimate of drug-likeness (QED) is 0.780. The average molecular weight is 397 g/mol. The summed E-state index contributed by atoms with van der Waals surface area (Å²) >= 11 is 5.79. The third kappa shape index (κ3) is 6.05. The van der Waals surface area contributed by atoms with Gasteiger partial charge in [-0.15, -0.1) is 0 Å². The first-order chi connectivity index (χ1) is 12.1. The molecule has 2 aromatic carbocycles. The third-order valence-corrected chi connectivity index (χ3v) is 4.00. The van der Waals surface area contributed by atoms with Crippen LogP contribution < -0.4 is 14.8 Å². The molecule has 0 fully saturated rings. The van der Waals surface area contributed by atoms with Crippen molar-refractivity contribution in [3.63, 3.8) is 0 Å². The molecule has 1 atom stereocenters. The Morgan fingerprint density at radius 1 is 1.04 bits per heavy atom. The number of anilines is 1. The summed E-state index contributed by atoms with van der Waals surface area (Å²) in [7, 11) is -3.64. The van der Waals surface area contributed by atoms with Gasteiger partial charge in [0.05, 0.1) is 6.26 Å². The molecule has 9 heteroatoms. The molecule has 138 valence electrons. The average Bonchev–Trinajstić information content (AvgIpc) is 2.56. The van der Waals surface area contributed by atoms with Crippen molar-refractivity contribution in [2.24, 2.45) is 0 Å². The predicted molar refractivity (Wildman–Crippen MR) is 98.9 cm³/mol. The summed E-state index contributed by atoms with van der Waals surface area (Å²) in [5.74, 6) is -0.622. The van der Waals surface area contributed by atoms with Gasteiger partial charge in [0, 0.05) is 16.3 Å². The van der Waals surface area contributed by atoms with E-state index in [1.165, 1.54) is 24.3 Å². The fourth-order valence-corrected chi connectivity index (χ4v) is 2.53. The molecule has 0 saturated heterocycles. The number of halogens is 1. The minimum Gasteiger partial charge on any atom is -0.481 e. The molecule has 0 aliphatic heterocycles. The third-order valence-electron chi connectivity index (χ3n) is 3.19. The van der Waals surface area contributed by atoms with Crippen molar-refractivity contribution >= 4 is 39.1 Å². The van der Waals surface area contributed by atoms with Crippen LogP contribution in [0.2, 0.25) is 5.02 Å². The molecule has 2 amide bonds. The number of hydrogen-bond donors (Lipinski definition) is 2. The van der Waals surface area contributed by atoms with E-state index in [1.807, 2.05) is 4.72 Å². The van der Waals surface area contributed by atoms with Crippen LogP contribution in [0.25, 0.3) is 0 Å². The van der Waals surface area contributed by atoms with E-state index in [4.69, 9.17) is 16.3 Å². The Morgan fingerprint density at radius 2 is 1.62 bits per heavy atom.